The first-order valence-electron chi connectivity index (χ1n) is 6.84. The van der Waals surface area contributed by atoms with E-state index in [2.05, 4.69) is 31.5 Å². The van der Waals surface area contributed by atoms with Gasteiger partial charge >= 0.3 is 0 Å². The first-order chi connectivity index (χ1) is 9.95. The summed E-state index contributed by atoms with van der Waals surface area (Å²) < 4.78 is 0.689. The molecule has 2 N–H and O–H groups in total. The quantitative estimate of drug-likeness (QED) is 0.854. The number of carbonyl (C=O) groups is 2. The van der Waals surface area contributed by atoms with E-state index >= 15 is 0 Å². The number of nitrogens with one attached hydrogen (secondary N) is 2. The monoisotopic (exact) mass is 373 g/mol. The average Bonchev–Trinajstić information content (AvgIpc) is 2.42. The lowest BCUT2D eigenvalue weighted by Gasteiger charge is -2.28. The Morgan fingerprint density at radius 3 is 2.86 bits per heavy atom. The minimum Gasteiger partial charge on any atom is -0.354 e. The molecular weight excluding hydrogens is 358 g/mol. The van der Waals surface area contributed by atoms with E-state index in [0.29, 0.717) is 21.7 Å². The number of hydrogen-bond donors (Lipinski definition) is 2. The van der Waals surface area contributed by atoms with E-state index < -0.39 is 0 Å². The summed E-state index contributed by atoms with van der Waals surface area (Å²) >= 11 is 9.17. The fourth-order valence-corrected chi connectivity index (χ4v) is 2.98. The standard InChI is InChI=1S/C14H17BrClN3O2/c1-8(20)18-10-4-2-3-9(5-10)14(21)19-13-6-11(15)12(16)7-17-13/h6-7,9-10H,2-5H2,1H3,(H,18,20)(H,17,19,21)/t9?,10-/m1/s1. The van der Waals surface area contributed by atoms with Crippen LogP contribution >= 0.6 is 27.5 Å². The highest BCUT2D eigenvalue weighted by molar-refractivity contribution is 9.10. The minimum atomic E-state index is -0.105. The van der Waals surface area contributed by atoms with Gasteiger partial charge in [0, 0.05) is 29.6 Å². The number of amides is 2. The van der Waals surface area contributed by atoms with Crippen LogP contribution in [-0.4, -0.2) is 22.8 Å². The van der Waals surface area contributed by atoms with Gasteiger partial charge in [0.05, 0.1) is 5.02 Å². The van der Waals surface area contributed by atoms with Gasteiger partial charge in [-0.25, -0.2) is 4.98 Å². The molecule has 7 heteroatoms. The maximum absolute atomic E-state index is 12.3. The number of hydrogen-bond acceptors (Lipinski definition) is 3. The van der Waals surface area contributed by atoms with Crippen molar-refractivity contribution < 1.29 is 9.59 Å². The zero-order valence-electron chi connectivity index (χ0n) is 11.7. The fourth-order valence-electron chi connectivity index (χ4n) is 2.56. The summed E-state index contributed by atoms with van der Waals surface area (Å²) in [5.41, 5.74) is 0. The molecule has 0 aliphatic heterocycles. The molecule has 0 spiro atoms. The number of aromatic nitrogens is 1. The van der Waals surface area contributed by atoms with E-state index in [4.69, 9.17) is 11.6 Å². The summed E-state index contributed by atoms with van der Waals surface area (Å²) in [6.07, 6.45) is 4.84. The Kier molecular flexibility index (Phi) is 5.58. The van der Waals surface area contributed by atoms with Crippen LogP contribution in [-0.2, 0) is 9.59 Å². The molecule has 0 aromatic carbocycles. The number of rotatable bonds is 3. The van der Waals surface area contributed by atoms with E-state index in [1.807, 2.05) is 0 Å². The first-order valence-corrected chi connectivity index (χ1v) is 8.02. The second kappa shape index (κ2) is 7.22. The van der Waals surface area contributed by atoms with Crippen molar-refractivity contribution in [3.8, 4) is 0 Å². The number of carbonyl (C=O) groups excluding carboxylic acids is 2. The van der Waals surface area contributed by atoms with E-state index in [-0.39, 0.29) is 23.8 Å². The van der Waals surface area contributed by atoms with Gasteiger partial charge in [-0.15, -0.1) is 0 Å². The largest absolute Gasteiger partial charge is 0.354 e. The van der Waals surface area contributed by atoms with Gasteiger partial charge in [0.25, 0.3) is 0 Å². The summed E-state index contributed by atoms with van der Waals surface area (Å²) in [5.74, 6) is 0.251. The number of anilines is 1. The molecule has 2 atom stereocenters. The van der Waals surface area contributed by atoms with E-state index in [1.54, 1.807) is 6.07 Å². The van der Waals surface area contributed by atoms with Gasteiger partial charge in [0.15, 0.2) is 0 Å². The third-order valence-electron chi connectivity index (χ3n) is 3.51. The SMILES string of the molecule is CC(=O)N[C@@H]1CCCC(C(=O)Nc2cc(Br)c(Cl)cn2)C1. The molecule has 1 unspecified atom stereocenters. The predicted octanol–water partition coefficient (Wildman–Crippen LogP) is 3.13. The maximum Gasteiger partial charge on any atom is 0.228 e. The molecule has 1 aliphatic rings. The van der Waals surface area contributed by atoms with Crippen LogP contribution in [0.15, 0.2) is 16.7 Å². The molecule has 5 nitrogen and oxygen atoms in total. The van der Waals surface area contributed by atoms with Gasteiger partial charge < -0.3 is 10.6 Å². The van der Waals surface area contributed by atoms with Crippen molar-refractivity contribution in [3.05, 3.63) is 21.8 Å². The third kappa shape index (κ3) is 4.68. The third-order valence-corrected chi connectivity index (χ3v) is 4.70. The predicted molar refractivity (Wildman–Crippen MR) is 85.1 cm³/mol. The molecule has 1 saturated carbocycles. The minimum absolute atomic E-state index is 0.0515. The lowest BCUT2D eigenvalue weighted by atomic mass is 9.85. The molecular formula is C14H17BrClN3O2. The molecule has 0 saturated heterocycles. The topological polar surface area (TPSA) is 71.1 Å². The fraction of sp³-hybridized carbons (Fsp3) is 0.500. The first kappa shape index (κ1) is 16.2. The molecule has 21 heavy (non-hydrogen) atoms. The number of pyridine rings is 1. The molecule has 2 rings (SSSR count). The van der Waals surface area contributed by atoms with E-state index in [0.717, 1.165) is 19.3 Å². The van der Waals surface area contributed by atoms with Gasteiger partial charge in [0.2, 0.25) is 11.8 Å². The van der Waals surface area contributed by atoms with Crippen molar-refractivity contribution in [2.75, 3.05) is 5.32 Å². The molecule has 1 aliphatic carbocycles. The summed E-state index contributed by atoms with van der Waals surface area (Å²) in [6.45, 7) is 1.50. The molecule has 0 radical (unpaired) electrons. The molecule has 0 bridgehead atoms. The average molecular weight is 375 g/mol. The lowest BCUT2D eigenvalue weighted by molar-refractivity contribution is -0.123. The highest BCUT2D eigenvalue weighted by atomic mass is 79.9. The smallest absolute Gasteiger partial charge is 0.228 e. The molecule has 1 aromatic rings. The zero-order chi connectivity index (χ0) is 15.4. The van der Waals surface area contributed by atoms with Crippen LogP contribution in [0.1, 0.15) is 32.6 Å². The van der Waals surface area contributed by atoms with Crippen molar-refractivity contribution in [2.24, 2.45) is 5.92 Å². The Balaban J connectivity index is 1.96. The molecule has 1 fully saturated rings. The summed E-state index contributed by atoms with van der Waals surface area (Å²) in [4.78, 5) is 27.5. The maximum atomic E-state index is 12.3. The second-order valence-corrected chi connectivity index (χ2v) is 6.50. The van der Waals surface area contributed by atoms with Gasteiger partial charge in [-0.2, -0.15) is 0 Å². The van der Waals surface area contributed by atoms with Crippen molar-refractivity contribution in [3.63, 3.8) is 0 Å². The van der Waals surface area contributed by atoms with Crippen LogP contribution in [0.25, 0.3) is 0 Å². The Hall–Kier alpha value is -1.14. The molecule has 1 heterocycles. The van der Waals surface area contributed by atoms with Crippen LogP contribution in [0.4, 0.5) is 5.82 Å². The number of halogens is 2. The Labute approximate surface area is 137 Å². The van der Waals surface area contributed by atoms with Crippen molar-refractivity contribution in [1.82, 2.24) is 10.3 Å². The van der Waals surface area contributed by atoms with Gasteiger partial charge in [-0.05, 0) is 41.3 Å². The molecule has 2 amide bonds. The summed E-state index contributed by atoms with van der Waals surface area (Å²) in [5, 5.41) is 6.19. The second-order valence-electron chi connectivity index (χ2n) is 5.23. The highest BCUT2D eigenvalue weighted by Crippen LogP contribution is 2.27. The van der Waals surface area contributed by atoms with Crippen molar-refractivity contribution in [1.29, 1.82) is 0 Å². The van der Waals surface area contributed by atoms with Crippen LogP contribution in [0.5, 0.6) is 0 Å². The van der Waals surface area contributed by atoms with Crippen molar-refractivity contribution in [2.45, 2.75) is 38.6 Å². The van der Waals surface area contributed by atoms with Gasteiger partial charge in [0.1, 0.15) is 5.82 Å². The summed E-state index contributed by atoms with van der Waals surface area (Å²) in [6, 6.07) is 1.76. The van der Waals surface area contributed by atoms with Crippen molar-refractivity contribution >= 4 is 45.2 Å². The van der Waals surface area contributed by atoms with Gasteiger partial charge in [-0.3, -0.25) is 9.59 Å². The molecule has 114 valence electrons. The summed E-state index contributed by atoms with van der Waals surface area (Å²) in [7, 11) is 0. The van der Waals surface area contributed by atoms with Crippen LogP contribution in [0, 0.1) is 5.92 Å². The van der Waals surface area contributed by atoms with Gasteiger partial charge in [-0.1, -0.05) is 18.0 Å². The van der Waals surface area contributed by atoms with Crippen LogP contribution in [0.3, 0.4) is 0 Å². The van der Waals surface area contributed by atoms with Crippen LogP contribution in [0.2, 0.25) is 5.02 Å². The Bertz CT molecular complexity index is 553. The van der Waals surface area contributed by atoms with Crippen LogP contribution < -0.4 is 10.6 Å². The normalized spacial score (nSPS) is 21.7. The molecule has 1 aromatic heterocycles. The Morgan fingerprint density at radius 2 is 2.19 bits per heavy atom. The zero-order valence-corrected chi connectivity index (χ0v) is 14.0. The lowest BCUT2D eigenvalue weighted by Crippen LogP contribution is -2.40. The van der Waals surface area contributed by atoms with E-state index in [1.165, 1.54) is 13.1 Å². The highest BCUT2D eigenvalue weighted by Gasteiger charge is 2.27. The number of nitrogens with zero attached hydrogens (tertiary/aromatic N) is 1. The Morgan fingerprint density at radius 1 is 1.43 bits per heavy atom. The van der Waals surface area contributed by atoms with E-state index in [9.17, 15) is 9.59 Å².